The maximum Gasteiger partial charge on any atom is 0.408 e. The van der Waals surface area contributed by atoms with Gasteiger partial charge in [0.2, 0.25) is 0 Å². The molecule has 11 atom stereocenters. The monoisotopic (exact) mass is 989 g/mol. The summed E-state index contributed by atoms with van der Waals surface area (Å²) >= 11 is 0. The lowest BCUT2D eigenvalue weighted by molar-refractivity contribution is -0.150. The number of ether oxygens (including phenoxy) is 3. The molecule has 4 fully saturated rings. The van der Waals surface area contributed by atoms with Crippen LogP contribution in [0.4, 0.5) is 4.79 Å². The summed E-state index contributed by atoms with van der Waals surface area (Å²) in [7, 11) is -5.83. The van der Waals surface area contributed by atoms with Crippen LogP contribution < -0.4 is 5.32 Å². The molecule has 67 heavy (non-hydrogen) atoms. The fourth-order valence-electron chi connectivity index (χ4n) is 11.7. The standard InChI is InChI=1S/C54H100N2O8Si3/c1-16-47(63-66(20-5,21-6)22-7)43(14)52-49(59-52)38-54(15,64-67(23-8,24-9)25-10)34-26-27-41(12)51-42(13)29-31-48(60-53(58)55-46-39-56-35-32-44(46)33-36-56)40(11)28-30-45(37-50(57)61-51)62-65(17-2,18-3)19-4/h26-27,29,31,34,40,42-49,51-52H,16-25,28,30,32-33,35-39H2,1-15H3,(H,55,58)/b31-29-,34-26+,41-27+. The van der Waals surface area contributed by atoms with Gasteiger partial charge in [-0.1, -0.05) is 114 Å². The summed E-state index contributed by atoms with van der Waals surface area (Å²) in [5, 5.41) is 3.26. The number of rotatable bonds is 25. The third kappa shape index (κ3) is 16.0. The van der Waals surface area contributed by atoms with Gasteiger partial charge in [-0.2, -0.15) is 0 Å². The molecule has 11 unspecified atom stereocenters. The number of epoxide rings is 1. The van der Waals surface area contributed by atoms with Crippen LogP contribution in [-0.2, 0) is 32.3 Å². The Morgan fingerprint density at radius 3 is 2.00 bits per heavy atom. The molecule has 0 aliphatic carbocycles. The zero-order valence-electron chi connectivity index (χ0n) is 45.4. The van der Waals surface area contributed by atoms with E-state index in [1.807, 2.05) is 6.08 Å². The molecule has 1 N–H and O–H groups in total. The van der Waals surface area contributed by atoms with Crippen LogP contribution in [0.15, 0.2) is 36.0 Å². The van der Waals surface area contributed by atoms with Gasteiger partial charge in [0.1, 0.15) is 12.2 Å². The Balaban J connectivity index is 1.62. The predicted molar refractivity (Wildman–Crippen MR) is 284 cm³/mol. The first-order valence-electron chi connectivity index (χ1n) is 27.5. The molecule has 0 aromatic carbocycles. The zero-order valence-corrected chi connectivity index (χ0v) is 48.4. The van der Waals surface area contributed by atoms with Crippen LogP contribution in [0.5, 0.6) is 0 Å². The Labute approximate surface area is 413 Å². The van der Waals surface area contributed by atoms with Crippen molar-refractivity contribution in [2.45, 2.75) is 251 Å². The van der Waals surface area contributed by atoms with Gasteiger partial charge in [-0.15, -0.1) is 0 Å². The fourth-order valence-corrected chi connectivity index (χ4v) is 20.7. The van der Waals surface area contributed by atoms with Gasteiger partial charge in [0.15, 0.2) is 25.0 Å². The summed E-state index contributed by atoms with van der Waals surface area (Å²) in [6.45, 7) is 36.8. The van der Waals surface area contributed by atoms with Crippen molar-refractivity contribution in [2.24, 2.45) is 23.7 Å². The minimum Gasteiger partial charge on any atom is -0.457 e. The summed E-state index contributed by atoms with van der Waals surface area (Å²) in [6.07, 6.45) is 15.2. The molecule has 0 aromatic rings. The van der Waals surface area contributed by atoms with Crippen LogP contribution in [0.2, 0.25) is 54.4 Å². The molecule has 5 aliphatic rings. The molecule has 386 valence electrons. The Kier molecular flexibility index (Phi) is 23.1. The van der Waals surface area contributed by atoms with E-state index in [2.05, 4.69) is 138 Å². The van der Waals surface area contributed by atoms with Crippen LogP contribution in [0.1, 0.15) is 149 Å². The maximum atomic E-state index is 14.1. The van der Waals surface area contributed by atoms with Crippen molar-refractivity contribution in [3.8, 4) is 0 Å². The van der Waals surface area contributed by atoms with Gasteiger partial charge in [-0.3, -0.25) is 4.79 Å². The molecule has 0 aromatic heterocycles. The number of carbonyl (C=O) groups excluding carboxylic acids is 2. The van der Waals surface area contributed by atoms with Crippen LogP contribution in [0.25, 0.3) is 0 Å². The number of cyclic esters (lactones) is 1. The van der Waals surface area contributed by atoms with E-state index in [4.69, 9.17) is 27.5 Å². The molecule has 5 heterocycles. The summed E-state index contributed by atoms with van der Waals surface area (Å²) in [4.78, 5) is 30.2. The summed E-state index contributed by atoms with van der Waals surface area (Å²) in [5.74, 6) is 0.431. The molecule has 0 saturated carbocycles. The van der Waals surface area contributed by atoms with E-state index in [9.17, 15) is 9.59 Å². The molecular weight excluding hydrogens is 889 g/mol. The molecule has 1 amide bonds. The Morgan fingerprint density at radius 1 is 0.866 bits per heavy atom. The lowest BCUT2D eigenvalue weighted by atomic mass is 9.84. The van der Waals surface area contributed by atoms with E-state index in [0.717, 1.165) is 112 Å². The number of piperidine rings is 3. The van der Waals surface area contributed by atoms with Crippen LogP contribution in [-0.4, -0.2) is 110 Å². The summed E-state index contributed by atoms with van der Waals surface area (Å²) < 4.78 is 40.9. The number of alkyl carbamates (subject to hydrolysis) is 1. The lowest BCUT2D eigenvalue weighted by Crippen LogP contribution is -2.57. The minimum atomic E-state index is -2.04. The highest BCUT2D eigenvalue weighted by Crippen LogP contribution is 2.43. The number of hydrogen-bond donors (Lipinski definition) is 1. The van der Waals surface area contributed by atoms with Crippen LogP contribution in [0.3, 0.4) is 0 Å². The molecule has 5 rings (SSSR count). The van der Waals surface area contributed by atoms with E-state index in [-0.39, 0.29) is 60.8 Å². The van der Waals surface area contributed by atoms with Gasteiger partial charge in [0.05, 0.1) is 30.3 Å². The summed E-state index contributed by atoms with van der Waals surface area (Å²) in [6, 6.07) is 9.75. The van der Waals surface area contributed by atoms with Crippen molar-refractivity contribution in [1.29, 1.82) is 0 Å². The van der Waals surface area contributed by atoms with Crippen molar-refractivity contribution in [2.75, 3.05) is 19.6 Å². The van der Waals surface area contributed by atoms with Crippen molar-refractivity contribution in [1.82, 2.24) is 10.2 Å². The quantitative estimate of drug-likeness (QED) is 0.0314. The topological polar surface area (TPSA) is 108 Å². The molecule has 0 radical (unpaired) electrons. The normalized spacial score (nSPS) is 31.3. The van der Waals surface area contributed by atoms with Gasteiger partial charge >= 0.3 is 12.1 Å². The van der Waals surface area contributed by atoms with E-state index >= 15 is 0 Å². The average molecular weight is 990 g/mol. The maximum absolute atomic E-state index is 14.1. The van der Waals surface area contributed by atoms with Gasteiger partial charge in [0, 0.05) is 36.9 Å². The Hall–Kier alpha value is -1.59. The van der Waals surface area contributed by atoms with E-state index in [1.165, 1.54) is 0 Å². The van der Waals surface area contributed by atoms with Crippen molar-refractivity contribution < 1.29 is 37.1 Å². The number of hydrogen-bond acceptors (Lipinski definition) is 9. The van der Waals surface area contributed by atoms with E-state index in [1.54, 1.807) is 0 Å². The molecule has 2 bridgehead atoms. The number of esters is 1. The second kappa shape index (κ2) is 26.7. The number of fused-ring (bicyclic) bond motifs is 3. The summed E-state index contributed by atoms with van der Waals surface area (Å²) in [5.41, 5.74) is 0.409. The van der Waals surface area contributed by atoms with Crippen LogP contribution >= 0.6 is 0 Å². The first kappa shape index (κ1) is 58.0. The number of carbonyl (C=O) groups is 2. The zero-order chi connectivity index (χ0) is 49.6. The van der Waals surface area contributed by atoms with Gasteiger partial charge in [-0.05, 0) is 137 Å². The molecule has 13 heteroatoms. The van der Waals surface area contributed by atoms with E-state index in [0.29, 0.717) is 18.3 Å². The molecule has 4 saturated heterocycles. The number of nitrogens with zero attached hydrogens (tertiary/aromatic N) is 1. The largest absolute Gasteiger partial charge is 0.457 e. The average Bonchev–Trinajstić information content (AvgIpc) is 4.10. The highest BCUT2D eigenvalue weighted by molar-refractivity contribution is 6.74. The van der Waals surface area contributed by atoms with Crippen molar-refractivity contribution in [3.63, 3.8) is 0 Å². The predicted octanol–water partition coefficient (Wildman–Crippen LogP) is 13.4. The van der Waals surface area contributed by atoms with Gasteiger partial charge < -0.3 is 37.7 Å². The molecule has 10 nitrogen and oxygen atoms in total. The second-order valence-electron chi connectivity index (χ2n) is 21.6. The smallest absolute Gasteiger partial charge is 0.408 e. The number of nitrogens with one attached hydrogen (secondary N) is 1. The van der Waals surface area contributed by atoms with Crippen LogP contribution in [0, 0.1) is 23.7 Å². The lowest BCUT2D eigenvalue weighted by Gasteiger charge is -2.44. The van der Waals surface area contributed by atoms with Gasteiger partial charge in [-0.25, -0.2) is 4.79 Å². The first-order chi connectivity index (χ1) is 31.9. The van der Waals surface area contributed by atoms with Crippen molar-refractivity contribution >= 4 is 37.0 Å². The van der Waals surface area contributed by atoms with E-state index < -0.39 is 42.8 Å². The number of amides is 1. The Morgan fingerprint density at radius 2 is 1.46 bits per heavy atom. The third-order valence-corrected chi connectivity index (χ3v) is 31.6. The highest BCUT2D eigenvalue weighted by atomic mass is 28.4. The Bertz CT molecular complexity index is 1580. The minimum absolute atomic E-state index is 0.0295. The fraction of sp³-hybridized carbons (Fsp3) is 0.852. The molecule has 5 aliphatic heterocycles. The van der Waals surface area contributed by atoms with Crippen molar-refractivity contribution in [3.05, 3.63) is 36.0 Å². The SMILES string of the molecule is CCC(O[Si](CC)(CC)CC)C(C)C1OC1CC(C)(/C=C/C=C(\C)C1OC(=O)CC(O[Si](CC)(CC)CC)CCC(C)C(OC(=O)NC2CN3CCC2CC3)/C=C\C1C)O[Si](CC)(CC)CC. The second-order valence-corrected chi connectivity index (χ2v) is 35.7. The first-order valence-corrected chi connectivity index (χ1v) is 35.1. The number of allylic oxidation sites excluding steroid dienone is 2. The highest BCUT2D eigenvalue weighted by Gasteiger charge is 2.51. The molecule has 0 spiro atoms. The molecular formula is C54H100N2O8Si3. The van der Waals surface area contributed by atoms with Gasteiger partial charge in [0.25, 0.3) is 0 Å². The third-order valence-electron chi connectivity index (χ3n) is 17.5.